The highest BCUT2D eigenvalue weighted by Crippen LogP contribution is 2.13. The minimum absolute atomic E-state index is 0.0221. The van der Waals surface area contributed by atoms with Gasteiger partial charge in [-0.15, -0.1) is 0 Å². The number of hydrogen-bond donors (Lipinski definition) is 1. The van der Waals surface area contributed by atoms with E-state index in [0.717, 1.165) is 19.5 Å². The first kappa shape index (κ1) is 18.1. The first-order chi connectivity index (χ1) is 8.85. The summed E-state index contributed by atoms with van der Waals surface area (Å²) in [5.41, 5.74) is 0. The molecule has 1 N–H and O–H groups in total. The normalized spacial score (nSPS) is 14.7. The van der Waals surface area contributed by atoms with Gasteiger partial charge in [-0.05, 0) is 47.6 Å². The van der Waals surface area contributed by atoms with Gasteiger partial charge in [0.25, 0.3) is 0 Å². The van der Waals surface area contributed by atoms with E-state index in [9.17, 15) is 4.79 Å². The molecule has 0 rings (SSSR count). The van der Waals surface area contributed by atoms with Gasteiger partial charge in [-0.25, -0.2) is 4.79 Å². The summed E-state index contributed by atoms with van der Waals surface area (Å²) in [6.45, 7) is 1.70. The van der Waals surface area contributed by atoms with Gasteiger partial charge >= 0.3 is 6.16 Å². The van der Waals surface area contributed by atoms with Crippen LogP contribution in [0.3, 0.4) is 0 Å². The van der Waals surface area contributed by atoms with E-state index in [1.54, 1.807) is 7.11 Å². The van der Waals surface area contributed by atoms with Crippen LogP contribution in [-0.2, 0) is 9.47 Å². The molecular weight excluding hydrogens is 248 g/mol. The third kappa shape index (κ3) is 10.7. The number of methoxy groups -OCH3 is 1. The van der Waals surface area contributed by atoms with Crippen molar-refractivity contribution in [3.63, 3.8) is 0 Å². The van der Waals surface area contributed by atoms with Crippen molar-refractivity contribution in [2.45, 2.75) is 31.5 Å². The summed E-state index contributed by atoms with van der Waals surface area (Å²) >= 11 is 0. The van der Waals surface area contributed by atoms with Gasteiger partial charge in [-0.3, -0.25) is 0 Å². The van der Waals surface area contributed by atoms with E-state index in [4.69, 9.17) is 14.6 Å². The SMILES string of the molecule is COC(CCN(C)C)CC(CCN(C)C)OC(=O)O. The van der Waals surface area contributed by atoms with Crippen LogP contribution in [0.5, 0.6) is 0 Å². The Morgan fingerprint density at radius 2 is 1.53 bits per heavy atom. The number of hydrogen-bond acceptors (Lipinski definition) is 5. The summed E-state index contributed by atoms with van der Waals surface area (Å²) in [7, 11) is 9.58. The summed E-state index contributed by atoms with van der Waals surface area (Å²) in [6, 6.07) is 0. The molecule has 0 saturated heterocycles. The number of rotatable bonds is 10. The van der Waals surface area contributed by atoms with E-state index >= 15 is 0 Å². The predicted octanol–water partition coefficient (Wildman–Crippen LogP) is 1.36. The molecular formula is C13H28N2O4. The average Bonchev–Trinajstić information content (AvgIpc) is 2.30. The van der Waals surface area contributed by atoms with Crippen LogP contribution in [0.15, 0.2) is 0 Å². The van der Waals surface area contributed by atoms with Crippen molar-refractivity contribution in [3.8, 4) is 0 Å². The molecule has 6 nitrogen and oxygen atoms in total. The molecule has 0 amide bonds. The van der Waals surface area contributed by atoms with Crippen molar-refractivity contribution in [1.82, 2.24) is 9.80 Å². The van der Waals surface area contributed by atoms with Crippen LogP contribution in [0.2, 0.25) is 0 Å². The van der Waals surface area contributed by atoms with E-state index in [1.807, 2.05) is 33.1 Å². The fourth-order valence-corrected chi connectivity index (χ4v) is 1.80. The predicted molar refractivity (Wildman–Crippen MR) is 74.7 cm³/mol. The smallest absolute Gasteiger partial charge is 0.450 e. The second-order valence-corrected chi connectivity index (χ2v) is 5.28. The summed E-state index contributed by atoms with van der Waals surface area (Å²) in [5.74, 6) is 0. The maximum atomic E-state index is 10.7. The Balaban J connectivity index is 4.27. The number of carboxylic acid groups (broad SMARTS) is 1. The highest BCUT2D eigenvalue weighted by Gasteiger charge is 2.20. The second-order valence-electron chi connectivity index (χ2n) is 5.28. The van der Waals surface area contributed by atoms with Gasteiger partial charge in [0.1, 0.15) is 6.10 Å². The molecule has 0 aliphatic heterocycles. The lowest BCUT2D eigenvalue weighted by molar-refractivity contribution is 0.00160. The van der Waals surface area contributed by atoms with Crippen LogP contribution in [0.4, 0.5) is 4.79 Å². The van der Waals surface area contributed by atoms with E-state index < -0.39 is 6.16 Å². The molecule has 0 spiro atoms. The number of nitrogens with zero attached hydrogens (tertiary/aromatic N) is 2. The van der Waals surface area contributed by atoms with Crippen molar-refractivity contribution in [3.05, 3.63) is 0 Å². The van der Waals surface area contributed by atoms with Crippen LogP contribution in [0.1, 0.15) is 19.3 Å². The van der Waals surface area contributed by atoms with E-state index in [0.29, 0.717) is 12.8 Å². The Morgan fingerprint density at radius 1 is 1.05 bits per heavy atom. The van der Waals surface area contributed by atoms with Crippen molar-refractivity contribution < 1.29 is 19.4 Å². The maximum Gasteiger partial charge on any atom is 0.506 e. The molecule has 0 bridgehead atoms. The zero-order valence-corrected chi connectivity index (χ0v) is 12.8. The Morgan fingerprint density at radius 3 is 1.89 bits per heavy atom. The molecule has 2 atom stereocenters. The van der Waals surface area contributed by atoms with Crippen LogP contribution < -0.4 is 0 Å². The molecule has 2 unspecified atom stereocenters. The highest BCUT2D eigenvalue weighted by molar-refractivity contribution is 5.57. The zero-order valence-electron chi connectivity index (χ0n) is 12.8. The lowest BCUT2D eigenvalue weighted by Gasteiger charge is -2.24. The number of ether oxygens (including phenoxy) is 2. The first-order valence-corrected chi connectivity index (χ1v) is 6.57. The van der Waals surface area contributed by atoms with Crippen molar-refractivity contribution in [2.75, 3.05) is 48.4 Å². The average molecular weight is 276 g/mol. The topological polar surface area (TPSA) is 62.2 Å². The van der Waals surface area contributed by atoms with Gasteiger partial charge in [0.05, 0.1) is 6.10 Å². The Kier molecular flexibility index (Phi) is 9.55. The van der Waals surface area contributed by atoms with Crippen LogP contribution in [0, 0.1) is 0 Å². The molecule has 0 heterocycles. The minimum atomic E-state index is -1.22. The van der Waals surface area contributed by atoms with Gasteiger partial charge in [-0.1, -0.05) is 0 Å². The summed E-state index contributed by atoms with van der Waals surface area (Å²) < 4.78 is 10.3. The molecule has 19 heavy (non-hydrogen) atoms. The minimum Gasteiger partial charge on any atom is -0.450 e. The molecule has 0 aromatic heterocycles. The third-order valence-corrected chi connectivity index (χ3v) is 2.92. The first-order valence-electron chi connectivity index (χ1n) is 6.57. The molecule has 0 fully saturated rings. The molecule has 0 aromatic carbocycles. The van der Waals surface area contributed by atoms with Crippen molar-refractivity contribution >= 4 is 6.16 Å². The molecule has 0 aromatic rings. The van der Waals surface area contributed by atoms with E-state index in [-0.39, 0.29) is 12.2 Å². The molecule has 0 radical (unpaired) electrons. The number of carbonyl (C=O) groups is 1. The zero-order chi connectivity index (χ0) is 14.8. The van der Waals surface area contributed by atoms with Crippen LogP contribution >= 0.6 is 0 Å². The Labute approximate surface area is 116 Å². The maximum absolute atomic E-state index is 10.7. The molecule has 0 saturated carbocycles. The summed E-state index contributed by atoms with van der Waals surface area (Å²) in [5, 5.41) is 8.77. The van der Waals surface area contributed by atoms with Crippen molar-refractivity contribution in [1.29, 1.82) is 0 Å². The lowest BCUT2D eigenvalue weighted by Crippen LogP contribution is -2.30. The van der Waals surface area contributed by atoms with Gasteiger partial charge < -0.3 is 24.4 Å². The largest absolute Gasteiger partial charge is 0.506 e. The van der Waals surface area contributed by atoms with Gasteiger partial charge in [-0.2, -0.15) is 0 Å². The molecule has 6 heteroatoms. The Bertz CT molecular complexity index is 247. The van der Waals surface area contributed by atoms with Crippen LogP contribution in [-0.4, -0.2) is 81.7 Å². The van der Waals surface area contributed by atoms with E-state index in [1.165, 1.54) is 0 Å². The molecule has 0 aliphatic carbocycles. The summed E-state index contributed by atoms with van der Waals surface area (Å²) in [6.07, 6.45) is 0.642. The monoisotopic (exact) mass is 276 g/mol. The molecule has 0 aliphatic rings. The standard InChI is InChI=1S/C13H28N2O4/c1-14(2)8-6-11(18-5)10-12(19-13(16)17)7-9-15(3)4/h11-12H,6-10H2,1-5H3,(H,16,17). The Hall–Kier alpha value is -0.850. The van der Waals surface area contributed by atoms with Gasteiger partial charge in [0.15, 0.2) is 0 Å². The fourth-order valence-electron chi connectivity index (χ4n) is 1.80. The fraction of sp³-hybridized carbons (Fsp3) is 0.923. The van der Waals surface area contributed by atoms with Gasteiger partial charge in [0, 0.05) is 20.1 Å². The van der Waals surface area contributed by atoms with E-state index in [2.05, 4.69) is 4.90 Å². The van der Waals surface area contributed by atoms with Gasteiger partial charge in [0.2, 0.25) is 0 Å². The second kappa shape index (κ2) is 10.00. The quantitative estimate of drug-likeness (QED) is 0.608. The lowest BCUT2D eigenvalue weighted by atomic mass is 10.1. The summed E-state index contributed by atoms with van der Waals surface area (Å²) in [4.78, 5) is 14.8. The van der Waals surface area contributed by atoms with Crippen LogP contribution in [0.25, 0.3) is 0 Å². The van der Waals surface area contributed by atoms with Crippen molar-refractivity contribution in [2.24, 2.45) is 0 Å². The highest BCUT2D eigenvalue weighted by atomic mass is 16.7. The third-order valence-electron chi connectivity index (χ3n) is 2.92. The molecule has 114 valence electrons.